The molecule has 4 nitrogen and oxygen atoms in total. The Morgan fingerprint density at radius 2 is 1.96 bits per heavy atom. The Bertz CT molecular complexity index is 743. The fourth-order valence-electron chi connectivity index (χ4n) is 2.66. The van der Waals surface area contributed by atoms with E-state index >= 15 is 0 Å². The van der Waals surface area contributed by atoms with E-state index in [1.54, 1.807) is 23.1 Å². The summed E-state index contributed by atoms with van der Waals surface area (Å²) in [6, 6.07) is 14.7. The molecule has 0 spiro atoms. The van der Waals surface area contributed by atoms with Crippen LogP contribution >= 0.6 is 11.6 Å². The minimum Gasteiger partial charge on any atom is -0.326 e. The van der Waals surface area contributed by atoms with Gasteiger partial charge in [0.1, 0.15) is 0 Å². The second-order valence-corrected chi connectivity index (χ2v) is 6.18. The van der Waals surface area contributed by atoms with Crippen LogP contribution in [0.1, 0.15) is 12.0 Å². The summed E-state index contributed by atoms with van der Waals surface area (Å²) in [6.45, 7) is 2.36. The van der Waals surface area contributed by atoms with Crippen molar-refractivity contribution in [3.05, 3.63) is 59.1 Å². The average molecular weight is 329 g/mol. The smallest absolute Gasteiger partial charge is 0.229 e. The van der Waals surface area contributed by atoms with Gasteiger partial charge in [-0.3, -0.25) is 9.59 Å². The molecule has 1 atom stereocenters. The molecule has 1 N–H and O–H groups in total. The molecule has 1 heterocycles. The molecule has 1 aliphatic heterocycles. The van der Waals surface area contributed by atoms with Gasteiger partial charge in [0, 0.05) is 29.4 Å². The van der Waals surface area contributed by atoms with Gasteiger partial charge < -0.3 is 10.2 Å². The number of aryl methyl sites for hydroxylation is 1. The van der Waals surface area contributed by atoms with Crippen LogP contribution in [0.2, 0.25) is 5.02 Å². The van der Waals surface area contributed by atoms with Gasteiger partial charge in [0.2, 0.25) is 11.8 Å². The van der Waals surface area contributed by atoms with Crippen LogP contribution in [-0.4, -0.2) is 18.4 Å². The molecule has 118 valence electrons. The summed E-state index contributed by atoms with van der Waals surface area (Å²) < 4.78 is 0. The van der Waals surface area contributed by atoms with Crippen molar-refractivity contribution in [1.82, 2.24) is 0 Å². The first-order valence-electron chi connectivity index (χ1n) is 7.46. The lowest BCUT2D eigenvalue weighted by molar-refractivity contribution is -0.122. The first-order valence-corrected chi connectivity index (χ1v) is 7.84. The number of benzene rings is 2. The molecule has 2 aromatic rings. The van der Waals surface area contributed by atoms with E-state index in [9.17, 15) is 9.59 Å². The molecular weight excluding hydrogens is 312 g/mol. The van der Waals surface area contributed by atoms with Gasteiger partial charge in [-0.2, -0.15) is 0 Å². The maximum Gasteiger partial charge on any atom is 0.229 e. The Balaban J connectivity index is 1.69. The van der Waals surface area contributed by atoms with Crippen LogP contribution in [0, 0.1) is 12.8 Å². The summed E-state index contributed by atoms with van der Waals surface area (Å²) in [5.41, 5.74) is 2.61. The van der Waals surface area contributed by atoms with Crippen LogP contribution in [0.25, 0.3) is 0 Å². The minimum atomic E-state index is -0.359. The molecule has 23 heavy (non-hydrogen) atoms. The predicted octanol–water partition coefficient (Wildman–Crippen LogP) is 3.64. The SMILES string of the molecule is Cc1ccc(NC(=O)[C@H]2CC(=O)N(c3cccc(Cl)c3)C2)cc1. The van der Waals surface area contributed by atoms with Crippen molar-refractivity contribution in [2.24, 2.45) is 5.92 Å². The first-order chi connectivity index (χ1) is 11.0. The summed E-state index contributed by atoms with van der Waals surface area (Å²) in [7, 11) is 0. The number of anilines is 2. The molecule has 0 saturated carbocycles. The van der Waals surface area contributed by atoms with Crippen molar-refractivity contribution < 1.29 is 9.59 Å². The minimum absolute atomic E-state index is 0.0590. The molecule has 1 saturated heterocycles. The van der Waals surface area contributed by atoms with Gasteiger partial charge in [0.25, 0.3) is 0 Å². The molecule has 0 radical (unpaired) electrons. The lowest BCUT2D eigenvalue weighted by Gasteiger charge is -2.17. The molecule has 1 fully saturated rings. The van der Waals surface area contributed by atoms with Crippen LogP contribution < -0.4 is 10.2 Å². The van der Waals surface area contributed by atoms with Crippen molar-refractivity contribution in [1.29, 1.82) is 0 Å². The maximum absolute atomic E-state index is 12.4. The van der Waals surface area contributed by atoms with Gasteiger partial charge in [-0.05, 0) is 37.3 Å². The van der Waals surface area contributed by atoms with E-state index in [1.807, 2.05) is 37.3 Å². The highest BCUT2D eigenvalue weighted by atomic mass is 35.5. The molecule has 0 aliphatic carbocycles. The predicted molar refractivity (Wildman–Crippen MR) is 91.7 cm³/mol. The molecule has 3 rings (SSSR count). The van der Waals surface area contributed by atoms with Gasteiger partial charge in [-0.25, -0.2) is 0 Å². The molecule has 2 aromatic carbocycles. The van der Waals surface area contributed by atoms with Crippen molar-refractivity contribution in [3.63, 3.8) is 0 Å². The number of amides is 2. The number of carbonyl (C=O) groups is 2. The van der Waals surface area contributed by atoms with E-state index in [0.717, 1.165) is 16.9 Å². The average Bonchev–Trinajstić information content (AvgIpc) is 2.92. The monoisotopic (exact) mass is 328 g/mol. The van der Waals surface area contributed by atoms with E-state index in [0.29, 0.717) is 11.6 Å². The Morgan fingerprint density at radius 1 is 1.22 bits per heavy atom. The number of nitrogens with one attached hydrogen (secondary N) is 1. The maximum atomic E-state index is 12.4. The zero-order chi connectivity index (χ0) is 16.4. The Hall–Kier alpha value is -2.33. The second kappa shape index (κ2) is 6.42. The van der Waals surface area contributed by atoms with E-state index in [2.05, 4.69) is 5.32 Å². The van der Waals surface area contributed by atoms with Crippen LogP contribution in [0.15, 0.2) is 48.5 Å². The number of hydrogen-bond donors (Lipinski definition) is 1. The van der Waals surface area contributed by atoms with Gasteiger partial charge in [-0.15, -0.1) is 0 Å². The Morgan fingerprint density at radius 3 is 2.65 bits per heavy atom. The fourth-order valence-corrected chi connectivity index (χ4v) is 2.84. The van der Waals surface area contributed by atoms with E-state index < -0.39 is 0 Å². The van der Waals surface area contributed by atoms with E-state index in [4.69, 9.17) is 11.6 Å². The first kappa shape index (κ1) is 15.6. The highest BCUT2D eigenvalue weighted by Gasteiger charge is 2.35. The summed E-state index contributed by atoms with van der Waals surface area (Å²) >= 11 is 5.97. The molecule has 5 heteroatoms. The topological polar surface area (TPSA) is 49.4 Å². The lowest BCUT2D eigenvalue weighted by atomic mass is 10.1. The molecule has 0 bridgehead atoms. The van der Waals surface area contributed by atoms with E-state index in [-0.39, 0.29) is 24.2 Å². The van der Waals surface area contributed by atoms with Gasteiger partial charge in [0.05, 0.1) is 5.92 Å². The third-order valence-corrected chi connectivity index (χ3v) is 4.17. The molecule has 0 aromatic heterocycles. The normalized spacial score (nSPS) is 17.4. The van der Waals surface area contributed by atoms with Crippen molar-refractivity contribution in [2.75, 3.05) is 16.8 Å². The third-order valence-electron chi connectivity index (χ3n) is 3.93. The zero-order valence-corrected chi connectivity index (χ0v) is 13.5. The molecule has 1 aliphatic rings. The molecular formula is C18H17ClN2O2. The standard InChI is InChI=1S/C18H17ClN2O2/c1-12-5-7-15(8-6-12)20-18(23)13-9-17(22)21(11-13)16-4-2-3-14(19)10-16/h2-8,10,13H,9,11H2,1H3,(H,20,23)/t13-/m0/s1. The van der Waals surface area contributed by atoms with Gasteiger partial charge >= 0.3 is 0 Å². The number of nitrogens with zero attached hydrogens (tertiary/aromatic N) is 1. The Kier molecular flexibility index (Phi) is 4.35. The lowest BCUT2D eigenvalue weighted by Crippen LogP contribution is -2.28. The van der Waals surface area contributed by atoms with Crippen molar-refractivity contribution in [3.8, 4) is 0 Å². The summed E-state index contributed by atoms with van der Waals surface area (Å²) in [5.74, 6) is -0.550. The second-order valence-electron chi connectivity index (χ2n) is 5.74. The van der Waals surface area contributed by atoms with Crippen molar-refractivity contribution >= 4 is 34.8 Å². The fraction of sp³-hybridized carbons (Fsp3) is 0.222. The largest absolute Gasteiger partial charge is 0.326 e. The Labute approximate surface area is 140 Å². The van der Waals surface area contributed by atoms with Gasteiger partial charge in [-0.1, -0.05) is 35.4 Å². The number of hydrogen-bond acceptors (Lipinski definition) is 2. The van der Waals surface area contributed by atoms with Crippen LogP contribution in [0.4, 0.5) is 11.4 Å². The van der Waals surface area contributed by atoms with Crippen molar-refractivity contribution in [2.45, 2.75) is 13.3 Å². The van der Waals surface area contributed by atoms with Crippen LogP contribution in [-0.2, 0) is 9.59 Å². The number of rotatable bonds is 3. The zero-order valence-electron chi connectivity index (χ0n) is 12.8. The number of halogens is 1. The summed E-state index contributed by atoms with van der Waals surface area (Å²) in [6.07, 6.45) is 0.213. The quantitative estimate of drug-likeness (QED) is 0.935. The van der Waals surface area contributed by atoms with Crippen LogP contribution in [0.3, 0.4) is 0 Å². The molecule has 2 amide bonds. The molecule has 0 unspecified atom stereocenters. The summed E-state index contributed by atoms with van der Waals surface area (Å²) in [4.78, 5) is 26.2. The third kappa shape index (κ3) is 3.54. The van der Waals surface area contributed by atoms with Crippen LogP contribution in [0.5, 0.6) is 0 Å². The highest BCUT2D eigenvalue weighted by molar-refractivity contribution is 6.31. The highest BCUT2D eigenvalue weighted by Crippen LogP contribution is 2.27. The summed E-state index contributed by atoms with van der Waals surface area (Å²) in [5, 5.41) is 3.44. The van der Waals surface area contributed by atoms with Gasteiger partial charge in [0.15, 0.2) is 0 Å². The van der Waals surface area contributed by atoms with E-state index in [1.165, 1.54) is 0 Å². The number of carbonyl (C=O) groups excluding carboxylic acids is 2.